The zero-order chi connectivity index (χ0) is 19.4. The van der Waals surface area contributed by atoms with Crippen molar-refractivity contribution in [3.8, 4) is 0 Å². The molecule has 1 aliphatic carbocycles. The van der Waals surface area contributed by atoms with Crippen molar-refractivity contribution in [2.45, 2.75) is 97.8 Å². The van der Waals surface area contributed by atoms with E-state index in [-0.39, 0.29) is 12.3 Å². The molecule has 1 aliphatic rings. The molecule has 0 spiro atoms. The van der Waals surface area contributed by atoms with Gasteiger partial charge in [0.25, 0.3) is 0 Å². The molecule has 1 N–H and O–H groups in total. The van der Waals surface area contributed by atoms with Crippen LogP contribution in [0.2, 0.25) is 0 Å². The Bertz CT molecular complexity index is 453. The molecule has 0 unspecified atom stereocenters. The van der Waals surface area contributed by atoms with Gasteiger partial charge < -0.3 is 4.89 Å². The van der Waals surface area contributed by atoms with Gasteiger partial charge in [-0.2, -0.15) is 5.26 Å². The Morgan fingerprint density at radius 1 is 1.23 bits per heavy atom. The minimum Gasteiger partial charge on any atom is -0.301 e. The predicted molar refractivity (Wildman–Crippen MR) is 105 cm³/mol. The molecule has 1 fully saturated rings. The summed E-state index contributed by atoms with van der Waals surface area (Å²) >= 11 is 0. The molecule has 4 nitrogen and oxygen atoms in total. The van der Waals surface area contributed by atoms with Crippen LogP contribution in [-0.2, 0) is 14.5 Å². The third kappa shape index (κ3) is 8.98. The summed E-state index contributed by atoms with van der Waals surface area (Å²) in [5.41, 5.74) is 0.348. The minimum atomic E-state index is -0.567. The van der Waals surface area contributed by atoms with Crippen LogP contribution < -0.4 is 0 Å². The molecule has 0 heterocycles. The van der Waals surface area contributed by atoms with Crippen molar-refractivity contribution in [3.63, 3.8) is 0 Å². The number of hydrogen-bond donors (Lipinski definition) is 1. The maximum atomic E-state index is 12.2. The fourth-order valence-electron chi connectivity index (χ4n) is 3.89. The van der Waals surface area contributed by atoms with E-state index in [1.165, 1.54) is 19.3 Å². The molecule has 0 bridgehead atoms. The molecular weight excluding hydrogens is 328 g/mol. The maximum Gasteiger partial charge on any atom is 0.342 e. The molecule has 0 amide bonds. The van der Waals surface area contributed by atoms with E-state index in [0.29, 0.717) is 17.1 Å². The second-order valence-electron chi connectivity index (χ2n) is 8.59. The first-order valence-electron chi connectivity index (χ1n) is 10.4. The Hall–Kier alpha value is -1.16. The molecule has 0 aromatic carbocycles. The van der Waals surface area contributed by atoms with E-state index >= 15 is 0 Å². The third-order valence-corrected chi connectivity index (χ3v) is 5.66. The molecule has 0 aromatic rings. The van der Waals surface area contributed by atoms with Gasteiger partial charge in [0.15, 0.2) is 0 Å². The zero-order valence-corrected chi connectivity index (χ0v) is 17.0. The first-order chi connectivity index (χ1) is 12.4. The quantitative estimate of drug-likeness (QED) is 0.185. The Morgan fingerprint density at radius 3 is 2.65 bits per heavy atom. The van der Waals surface area contributed by atoms with Gasteiger partial charge in [0.05, 0.1) is 0 Å². The van der Waals surface area contributed by atoms with Gasteiger partial charge in [0.2, 0.25) is 0 Å². The van der Waals surface area contributed by atoms with Crippen molar-refractivity contribution in [1.82, 2.24) is 0 Å². The normalized spacial score (nSPS) is 20.8. The largest absolute Gasteiger partial charge is 0.342 e. The number of hydrogen-bond acceptors (Lipinski definition) is 4. The van der Waals surface area contributed by atoms with Crippen LogP contribution in [0.25, 0.3) is 0 Å². The first-order valence-corrected chi connectivity index (χ1v) is 10.4. The zero-order valence-electron chi connectivity index (χ0n) is 17.0. The van der Waals surface area contributed by atoms with E-state index in [4.69, 9.17) is 5.26 Å². The van der Waals surface area contributed by atoms with Crippen LogP contribution in [-0.4, -0.2) is 17.0 Å². The highest BCUT2D eigenvalue weighted by Gasteiger charge is 2.32. The summed E-state index contributed by atoms with van der Waals surface area (Å²) in [5.74, 6) is 0.457. The number of unbranched alkanes of at least 4 members (excludes halogenated alkanes) is 4. The fourth-order valence-corrected chi connectivity index (χ4v) is 3.89. The van der Waals surface area contributed by atoms with Gasteiger partial charge in [-0.15, -0.1) is 0 Å². The lowest BCUT2D eigenvalue weighted by molar-refractivity contribution is -0.234. The molecule has 0 aromatic heterocycles. The number of allylic oxidation sites excluding steroid dienone is 2. The lowest BCUT2D eigenvalue weighted by atomic mass is 9.83. The van der Waals surface area contributed by atoms with Gasteiger partial charge in [0, 0.05) is 18.8 Å². The fraction of sp³-hybridized carbons (Fsp3) is 0.818. The Balaban J connectivity index is 2.31. The summed E-state index contributed by atoms with van der Waals surface area (Å²) < 4.78 is 0. The lowest BCUT2D eigenvalue weighted by Gasteiger charge is -2.23. The van der Waals surface area contributed by atoms with Crippen molar-refractivity contribution in [2.24, 2.45) is 17.3 Å². The van der Waals surface area contributed by atoms with E-state index in [1.807, 2.05) is 0 Å². The van der Waals surface area contributed by atoms with Crippen molar-refractivity contribution in [1.29, 1.82) is 0 Å². The smallest absolute Gasteiger partial charge is 0.301 e. The molecule has 26 heavy (non-hydrogen) atoms. The van der Waals surface area contributed by atoms with Crippen LogP contribution in [0, 0.1) is 17.3 Å². The van der Waals surface area contributed by atoms with Crippen LogP contribution in [0.5, 0.6) is 0 Å². The first kappa shape index (κ1) is 22.9. The Kier molecular flexibility index (Phi) is 10.8. The van der Waals surface area contributed by atoms with Crippen LogP contribution >= 0.6 is 0 Å². The summed E-state index contributed by atoms with van der Waals surface area (Å²) in [6.07, 6.45) is 16.1. The summed E-state index contributed by atoms with van der Waals surface area (Å²) in [4.78, 5) is 26.7. The lowest BCUT2D eigenvalue weighted by Crippen LogP contribution is -2.14. The minimum absolute atomic E-state index is 0.187. The van der Waals surface area contributed by atoms with Crippen LogP contribution in [0.15, 0.2) is 12.2 Å². The molecule has 4 heteroatoms. The highest BCUT2D eigenvalue weighted by Crippen LogP contribution is 2.35. The average molecular weight is 367 g/mol. The number of carbonyl (C=O) groups is 2. The standard InChI is InChI=1S/C22H38O4/c1-4-5-16-22(2,3)17-10-11-18-14-15-20(23)19(18)12-8-6-7-9-13-21(24)26-25/h10-11,18-19,25H,4-9,12-17H2,1-3H3/t18-,19+/m0/s1. The van der Waals surface area contributed by atoms with E-state index in [9.17, 15) is 9.59 Å². The number of carbonyl (C=O) groups excluding carboxylic acids is 2. The number of Topliss-reactive ketones (excluding diaryl/α,β-unsaturated/α-hetero) is 1. The van der Waals surface area contributed by atoms with Gasteiger partial charge in [0.1, 0.15) is 5.78 Å². The summed E-state index contributed by atoms with van der Waals surface area (Å²) in [5, 5.41) is 8.21. The van der Waals surface area contributed by atoms with Crippen molar-refractivity contribution in [3.05, 3.63) is 12.2 Å². The second-order valence-corrected chi connectivity index (χ2v) is 8.59. The van der Waals surface area contributed by atoms with Gasteiger partial charge in [-0.1, -0.05) is 65.0 Å². The summed E-state index contributed by atoms with van der Waals surface area (Å²) in [6.45, 7) is 6.90. The average Bonchev–Trinajstić information content (AvgIpc) is 2.96. The number of rotatable bonds is 13. The maximum absolute atomic E-state index is 12.2. The van der Waals surface area contributed by atoms with E-state index in [1.54, 1.807) is 0 Å². The molecule has 1 rings (SSSR count). The van der Waals surface area contributed by atoms with Crippen molar-refractivity contribution < 1.29 is 19.7 Å². The summed E-state index contributed by atoms with van der Waals surface area (Å²) in [7, 11) is 0. The number of ketones is 1. The molecule has 0 aliphatic heterocycles. The molecule has 1 saturated carbocycles. The van der Waals surface area contributed by atoms with E-state index < -0.39 is 5.97 Å². The molecular formula is C22H38O4. The van der Waals surface area contributed by atoms with Crippen LogP contribution in [0.3, 0.4) is 0 Å². The molecule has 2 atom stereocenters. The second kappa shape index (κ2) is 12.3. The summed E-state index contributed by atoms with van der Waals surface area (Å²) in [6, 6.07) is 0. The van der Waals surface area contributed by atoms with Crippen molar-refractivity contribution in [2.75, 3.05) is 0 Å². The highest BCUT2D eigenvalue weighted by molar-refractivity contribution is 5.83. The Morgan fingerprint density at radius 2 is 1.96 bits per heavy atom. The SMILES string of the molecule is CCCCC(C)(C)CC=C[C@H]1CCC(=O)[C@@H]1CCCCCCC(=O)OO. The topological polar surface area (TPSA) is 63.6 Å². The monoisotopic (exact) mass is 366 g/mol. The van der Waals surface area contributed by atoms with Crippen molar-refractivity contribution >= 4 is 11.8 Å². The van der Waals surface area contributed by atoms with Gasteiger partial charge in [-0.25, -0.2) is 4.79 Å². The van der Waals surface area contributed by atoms with Gasteiger partial charge in [-0.05, 0) is 43.4 Å². The molecule has 0 saturated heterocycles. The van der Waals surface area contributed by atoms with E-state index in [2.05, 4.69) is 37.8 Å². The molecule has 0 radical (unpaired) electrons. The van der Waals surface area contributed by atoms with Crippen LogP contribution in [0.4, 0.5) is 0 Å². The van der Waals surface area contributed by atoms with E-state index in [0.717, 1.165) is 51.4 Å². The van der Waals surface area contributed by atoms with Gasteiger partial charge >= 0.3 is 5.97 Å². The highest BCUT2D eigenvalue weighted by atomic mass is 17.1. The van der Waals surface area contributed by atoms with Gasteiger partial charge in [-0.3, -0.25) is 4.79 Å². The predicted octanol–water partition coefficient (Wildman–Crippen LogP) is 6.10. The Labute approximate surface area is 159 Å². The molecule has 150 valence electrons. The van der Waals surface area contributed by atoms with Crippen LogP contribution in [0.1, 0.15) is 97.8 Å². The third-order valence-electron chi connectivity index (χ3n) is 5.66.